The number of hydrogen-bond donors (Lipinski definition) is 11. The monoisotopic (exact) mass is 618 g/mol. The molecule has 20 atom stereocenters. The van der Waals surface area contributed by atoms with Crippen LogP contribution in [0.25, 0.3) is 0 Å². The van der Waals surface area contributed by atoms with E-state index in [2.05, 4.69) is 0 Å². The van der Waals surface area contributed by atoms with Gasteiger partial charge >= 0.3 is 0 Å². The summed E-state index contributed by atoms with van der Waals surface area (Å²) in [6.07, 6.45) is -31.4. The normalized spacial score (nSPS) is 55.9. The number of hydrogen-bond acceptors (Lipinski definition) is 18. The molecule has 0 aromatic rings. The highest BCUT2D eigenvalue weighted by Crippen LogP contribution is 2.34. The van der Waals surface area contributed by atoms with E-state index in [9.17, 15) is 56.2 Å². The highest BCUT2D eigenvalue weighted by atomic mass is 16.8. The Bertz CT molecular complexity index is 867. The highest BCUT2D eigenvalue weighted by Gasteiger charge is 2.54. The molecule has 11 N–H and O–H groups in total. The maximum atomic E-state index is 10.9. The van der Waals surface area contributed by atoms with Gasteiger partial charge in [-0.05, 0) is 20.8 Å². The van der Waals surface area contributed by atoms with Crippen molar-refractivity contribution in [3.8, 4) is 0 Å². The lowest BCUT2D eigenvalue weighted by atomic mass is 9.96. The summed E-state index contributed by atoms with van der Waals surface area (Å²) in [5.41, 5.74) is 0. The van der Waals surface area contributed by atoms with E-state index >= 15 is 0 Å². The Hall–Kier alpha value is -0.720. The smallest absolute Gasteiger partial charge is 0.190 e. The van der Waals surface area contributed by atoms with E-state index in [0.29, 0.717) is 0 Å². The Labute approximate surface area is 240 Å². The van der Waals surface area contributed by atoms with Crippen LogP contribution in [0, 0.1) is 0 Å². The molecule has 0 aromatic carbocycles. The van der Waals surface area contributed by atoms with Crippen LogP contribution in [0.15, 0.2) is 0 Å². The number of ether oxygens (including phenoxy) is 7. The molecule has 0 radical (unpaired) electrons. The molecule has 4 rings (SSSR count). The van der Waals surface area contributed by atoms with Crippen molar-refractivity contribution < 1.29 is 89.3 Å². The Morgan fingerprint density at radius 1 is 0.405 bits per heavy atom. The van der Waals surface area contributed by atoms with Gasteiger partial charge in [0.2, 0.25) is 0 Å². The van der Waals surface area contributed by atoms with E-state index in [-0.39, 0.29) is 0 Å². The second-order valence-electron chi connectivity index (χ2n) is 11.1. The first-order valence-electron chi connectivity index (χ1n) is 13.7. The summed E-state index contributed by atoms with van der Waals surface area (Å²) < 4.78 is 39.3. The SMILES string of the molecule is C[C@@H]1O[C@@H](O[C@H]2[C@H](O[C@H]3[C@H](OC4O[C@H](CO)[C@@H](O)[C@H](O)[C@H]4O)O[C@@H](C)[C@H](O)[C@H]3O)O[C@@H](C)[C@H](O)[C@H]2O)[C@H](O)[C@H](O)[C@H]1O. The summed E-state index contributed by atoms with van der Waals surface area (Å²) >= 11 is 0. The van der Waals surface area contributed by atoms with Gasteiger partial charge in [-0.1, -0.05) is 0 Å². The number of aliphatic hydroxyl groups excluding tert-OH is 11. The van der Waals surface area contributed by atoms with Crippen LogP contribution in [0.2, 0.25) is 0 Å². The third kappa shape index (κ3) is 6.62. The fourth-order valence-corrected chi connectivity index (χ4v) is 5.26. The minimum absolute atomic E-state index is 0.750. The summed E-state index contributed by atoms with van der Waals surface area (Å²) in [7, 11) is 0. The van der Waals surface area contributed by atoms with Crippen molar-refractivity contribution in [1.29, 1.82) is 0 Å². The third-order valence-electron chi connectivity index (χ3n) is 8.08. The van der Waals surface area contributed by atoms with Crippen LogP contribution >= 0.6 is 0 Å². The molecule has 0 bridgehead atoms. The molecule has 4 heterocycles. The molecular weight excluding hydrogens is 576 g/mol. The van der Waals surface area contributed by atoms with Gasteiger partial charge in [-0.25, -0.2) is 0 Å². The predicted molar refractivity (Wildman–Crippen MR) is 130 cm³/mol. The molecule has 246 valence electrons. The molecule has 0 amide bonds. The zero-order valence-corrected chi connectivity index (χ0v) is 23.0. The first-order valence-corrected chi connectivity index (χ1v) is 13.7. The maximum absolute atomic E-state index is 10.9. The van der Waals surface area contributed by atoms with Gasteiger partial charge in [0.05, 0.1) is 24.9 Å². The Morgan fingerprint density at radius 2 is 0.762 bits per heavy atom. The van der Waals surface area contributed by atoms with E-state index in [1.165, 1.54) is 20.8 Å². The average molecular weight is 619 g/mol. The summed E-state index contributed by atoms with van der Waals surface area (Å²) in [4.78, 5) is 0. The lowest BCUT2D eigenvalue weighted by molar-refractivity contribution is -0.408. The Morgan fingerprint density at radius 3 is 1.24 bits per heavy atom. The van der Waals surface area contributed by atoms with Gasteiger partial charge in [0.15, 0.2) is 25.2 Å². The van der Waals surface area contributed by atoms with Gasteiger partial charge in [0.1, 0.15) is 79.4 Å². The van der Waals surface area contributed by atoms with Gasteiger partial charge < -0.3 is 89.3 Å². The second kappa shape index (κ2) is 13.7. The molecule has 1 unspecified atom stereocenters. The van der Waals surface area contributed by atoms with Gasteiger partial charge in [-0.15, -0.1) is 0 Å². The number of rotatable bonds is 7. The minimum Gasteiger partial charge on any atom is -0.394 e. The summed E-state index contributed by atoms with van der Waals surface area (Å²) in [6, 6.07) is 0. The summed E-state index contributed by atoms with van der Waals surface area (Å²) in [6.45, 7) is 3.43. The first kappa shape index (κ1) is 34.2. The molecule has 4 fully saturated rings. The molecule has 4 saturated heterocycles. The van der Waals surface area contributed by atoms with Crippen LogP contribution in [0.1, 0.15) is 20.8 Å². The molecule has 0 saturated carbocycles. The summed E-state index contributed by atoms with van der Waals surface area (Å²) in [5, 5.41) is 113. The minimum atomic E-state index is -1.85. The van der Waals surface area contributed by atoms with Gasteiger partial charge in [-0.2, -0.15) is 0 Å². The zero-order chi connectivity index (χ0) is 31.2. The standard InChI is InChI=1S/C24H42O18/c1-5-9(26)13(30)17(34)21(36-5)40-19-15(32)10(27)6(2)37-23(19)41-20-16(33)11(28)7(3)38-24(20)42-22-18(35)14(31)12(29)8(4-25)39-22/h5-35H,4H2,1-3H3/t5-,6-,7-,8+,9-,10-,11-,12+,13+,14-,15+,16+,17+,18+,19+,20+,21-,22?,23-,24-/m0/s1. The second-order valence-corrected chi connectivity index (χ2v) is 11.1. The predicted octanol–water partition coefficient (Wildman–Crippen LogP) is -6.67. The van der Waals surface area contributed by atoms with Crippen molar-refractivity contribution in [2.24, 2.45) is 0 Å². The molecule has 0 spiro atoms. The average Bonchev–Trinajstić information content (AvgIpc) is 2.96. The first-order chi connectivity index (χ1) is 19.7. The number of aliphatic hydroxyl groups is 11. The largest absolute Gasteiger partial charge is 0.394 e. The van der Waals surface area contributed by atoms with Crippen LogP contribution in [-0.2, 0) is 33.2 Å². The van der Waals surface area contributed by atoms with Crippen molar-refractivity contribution in [3.63, 3.8) is 0 Å². The Kier molecular flexibility index (Phi) is 11.2. The molecule has 4 aliphatic heterocycles. The topological polar surface area (TPSA) is 287 Å². The molecule has 0 aliphatic carbocycles. The molecule has 4 aliphatic rings. The van der Waals surface area contributed by atoms with Crippen molar-refractivity contribution in [2.45, 2.75) is 144 Å². The lowest BCUT2D eigenvalue weighted by Gasteiger charge is -2.49. The van der Waals surface area contributed by atoms with Gasteiger partial charge in [0, 0.05) is 0 Å². The molecular formula is C24H42O18. The van der Waals surface area contributed by atoms with E-state index in [1.54, 1.807) is 0 Å². The fraction of sp³-hybridized carbons (Fsp3) is 1.00. The highest BCUT2D eigenvalue weighted by molar-refractivity contribution is 4.96. The van der Waals surface area contributed by atoms with Gasteiger partial charge in [-0.3, -0.25) is 0 Å². The zero-order valence-electron chi connectivity index (χ0n) is 23.0. The van der Waals surface area contributed by atoms with Crippen LogP contribution in [0.3, 0.4) is 0 Å². The third-order valence-corrected chi connectivity index (χ3v) is 8.08. The van der Waals surface area contributed by atoms with Gasteiger partial charge in [0.25, 0.3) is 0 Å². The molecule has 18 heteroatoms. The van der Waals surface area contributed by atoms with E-state index in [0.717, 1.165) is 0 Å². The summed E-state index contributed by atoms with van der Waals surface area (Å²) in [5.74, 6) is 0. The Balaban J connectivity index is 1.57. The van der Waals surface area contributed by atoms with Crippen LogP contribution in [0.4, 0.5) is 0 Å². The van der Waals surface area contributed by atoms with Crippen molar-refractivity contribution in [2.75, 3.05) is 6.61 Å². The maximum Gasteiger partial charge on any atom is 0.190 e. The van der Waals surface area contributed by atoms with Crippen molar-refractivity contribution >= 4 is 0 Å². The van der Waals surface area contributed by atoms with Crippen LogP contribution in [-0.4, -0.2) is 186 Å². The lowest BCUT2D eigenvalue weighted by Crippen LogP contribution is -2.66. The molecule has 18 nitrogen and oxygen atoms in total. The van der Waals surface area contributed by atoms with Crippen LogP contribution < -0.4 is 0 Å². The van der Waals surface area contributed by atoms with E-state index < -0.39 is 129 Å². The van der Waals surface area contributed by atoms with Crippen LogP contribution in [0.5, 0.6) is 0 Å². The molecule has 42 heavy (non-hydrogen) atoms. The van der Waals surface area contributed by atoms with E-state index in [4.69, 9.17) is 33.2 Å². The fourth-order valence-electron chi connectivity index (χ4n) is 5.26. The van der Waals surface area contributed by atoms with Crippen molar-refractivity contribution in [1.82, 2.24) is 0 Å². The molecule has 0 aromatic heterocycles. The van der Waals surface area contributed by atoms with E-state index in [1.807, 2.05) is 0 Å². The van der Waals surface area contributed by atoms with Crippen molar-refractivity contribution in [3.05, 3.63) is 0 Å². The quantitative estimate of drug-likeness (QED) is 0.126.